The number of aliphatic hydroxyl groups is 2. The minimum Gasteiger partial charge on any atom is -0.396 e. The van der Waals surface area contributed by atoms with Crippen LogP contribution in [-0.2, 0) is 18.4 Å². The molecule has 3 rings (SSSR count). The van der Waals surface area contributed by atoms with Crippen molar-refractivity contribution in [1.29, 1.82) is 0 Å². The van der Waals surface area contributed by atoms with Crippen LogP contribution in [0.3, 0.4) is 0 Å². The van der Waals surface area contributed by atoms with E-state index in [1.54, 1.807) is 6.20 Å². The van der Waals surface area contributed by atoms with E-state index >= 15 is 0 Å². The van der Waals surface area contributed by atoms with E-state index in [0.29, 0.717) is 24.4 Å². The van der Waals surface area contributed by atoms with Gasteiger partial charge in [0.15, 0.2) is 0 Å². The van der Waals surface area contributed by atoms with Gasteiger partial charge in [0.05, 0.1) is 6.10 Å². The number of aromatic nitrogens is 2. The SMILES string of the molecule is CC(C)(C)c1nccc(C[C@@H]2[C@@H](CO)[C@H](O)C[C@H]2NCc2cccc(Cl)c2)n1. The molecular formula is C22H30ClN3O2. The monoisotopic (exact) mass is 403 g/mol. The van der Waals surface area contributed by atoms with Crippen molar-refractivity contribution in [1.82, 2.24) is 15.3 Å². The molecule has 1 aliphatic rings. The lowest BCUT2D eigenvalue weighted by Crippen LogP contribution is -2.36. The fraction of sp³-hybridized carbons (Fsp3) is 0.545. The predicted molar refractivity (Wildman–Crippen MR) is 111 cm³/mol. The van der Waals surface area contributed by atoms with Gasteiger partial charge in [0.25, 0.3) is 0 Å². The minimum atomic E-state index is -0.518. The quantitative estimate of drug-likeness (QED) is 0.690. The maximum absolute atomic E-state index is 10.5. The van der Waals surface area contributed by atoms with Crippen LogP contribution in [0.15, 0.2) is 36.5 Å². The molecule has 5 nitrogen and oxygen atoms in total. The van der Waals surface area contributed by atoms with Crippen molar-refractivity contribution >= 4 is 11.6 Å². The largest absolute Gasteiger partial charge is 0.396 e. The van der Waals surface area contributed by atoms with Crippen LogP contribution < -0.4 is 5.32 Å². The second kappa shape index (κ2) is 8.87. The van der Waals surface area contributed by atoms with Gasteiger partial charge >= 0.3 is 0 Å². The Morgan fingerprint density at radius 2 is 2.00 bits per heavy atom. The summed E-state index contributed by atoms with van der Waals surface area (Å²) in [6.45, 7) is 6.92. The molecule has 28 heavy (non-hydrogen) atoms. The van der Waals surface area contributed by atoms with Gasteiger partial charge in [-0.05, 0) is 42.5 Å². The van der Waals surface area contributed by atoms with Crippen LogP contribution in [-0.4, -0.2) is 38.9 Å². The zero-order chi connectivity index (χ0) is 20.3. The molecule has 152 valence electrons. The summed E-state index contributed by atoms with van der Waals surface area (Å²) in [5.41, 5.74) is 1.93. The van der Waals surface area contributed by atoms with Crippen LogP contribution in [0.1, 0.15) is 44.3 Å². The molecule has 6 heteroatoms. The van der Waals surface area contributed by atoms with Gasteiger partial charge in [0.1, 0.15) is 5.82 Å². The Bertz CT molecular complexity index is 793. The molecule has 1 heterocycles. The number of nitrogens with one attached hydrogen (secondary N) is 1. The summed E-state index contributed by atoms with van der Waals surface area (Å²) in [5, 5.41) is 24.6. The average molecular weight is 404 g/mol. The van der Waals surface area contributed by atoms with Gasteiger partial charge in [-0.2, -0.15) is 0 Å². The Morgan fingerprint density at radius 1 is 1.21 bits per heavy atom. The van der Waals surface area contributed by atoms with E-state index < -0.39 is 6.10 Å². The molecule has 1 aliphatic carbocycles. The first-order valence-corrected chi connectivity index (χ1v) is 10.2. The highest BCUT2D eigenvalue weighted by molar-refractivity contribution is 6.30. The van der Waals surface area contributed by atoms with Crippen LogP contribution in [0, 0.1) is 11.8 Å². The number of hydrogen-bond donors (Lipinski definition) is 3. The summed E-state index contributed by atoms with van der Waals surface area (Å²) in [4.78, 5) is 9.15. The third kappa shape index (κ3) is 5.09. The third-order valence-corrected chi connectivity index (χ3v) is 5.79. The predicted octanol–water partition coefficient (Wildman–Crippen LogP) is 3.12. The van der Waals surface area contributed by atoms with Gasteiger partial charge < -0.3 is 15.5 Å². The van der Waals surface area contributed by atoms with E-state index in [1.807, 2.05) is 30.3 Å². The van der Waals surface area contributed by atoms with Crippen LogP contribution in [0.4, 0.5) is 0 Å². The zero-order valence-electron chi connectivity index (χ0n) is 16.8. The maximum atomic E-state index is 10.5. The molecule has 1 aromatic carbocycles. The smallest absolute Gasteiger partial charge is 0.133 e. The van der Waals surface area contributed by atoms with Crippen molar-refractivity contribution in [2.75, 3.05) is 6.61 Å². The van der Waals surface area contributed by atoms with Crippen LogP contribution in [0.2, 0.25) is 5.02 Å². The highest BCUT2D eigenvalue weighted by Gasteiger charge is 2.42. The van der Waals surface area contributed by atoms with Crippen molar-refractivity contribution < 1.29 is 10.2 Å². The average Bonchev–Trinajstić information content (AvgIpc) is 2.94. The summed E-state index contributed by atoms with van der Waals surface area (Å²) in [6.07, 6.45) is 2.60. The van der Waals surface area contributed by atoms with Crippen LogP contribution >= 0.6 is 11.6 Å². The number of benzene rings is 1. The van der Waals surface area contributed by atoms with Gasteiger partial charge in [0.2, 0.25) is 0 Å². The molecule has 1 saturated carbocycles. The Labute approximate surface area is 172 Å². The van der Waals surface area contributed by atoms with Crippen molar-refractivity contribution in [3.05, 3.63) is 58.6 Å². The highest BCUT2D eigenvalue weighted by atomic mass is 35.5. The molecule has 1 fully saturated rings. The Kier molecular flexibility index (Phi) is 6.71. The molecule has 0 bridgehead atoms. The summed E-state index contributed by atoms with van der Waals surface area (Å²) in [6, 6.07) is 9.80. The lowest BCUT2D eigenvalue weighted by molar-refractivity contribution is 0.0715. The van der Waals surface area contributed by atoms with E-state index in [2.05, 4.69) is 31.1 Å². The Hall–Kier alpha value is -1.53. The highest BCUT2D eigenvalue weighted by Crippen LogP contribution is 2.35. The fourth-order valence-electron chi connectivity index (χ4n) is 3.99. The van der Waals surface area contributed by atoms with E-state index in [4.69, 9.17) is 16.6 Å². The molecule has 3 N–H and O–H groups in total. The standard InChI is InChI=1S/C22H30ClN3O2/c1-22(2,3)21-24-8-7-16(26-21)10-17-18(13-27)20(28)11-19(17)25-12-14-5-4-6-15(23)9-14/h4-9,17-20,25,27-28H,10-13H2,1-3H3/t17-,18-,19-,20-/m1/s1. The van der Waals surface area contributed by atoms with Gasteiger partial charge in [-0.1, -0.05) is 44.5 Å². The molecule has 0 radical (unpaired) electrons. The van der Waals surface area contributed by atoms with Gasteiger partial charge in [0, 0.05) is 47.4 Å². The van der Waals surface area contributed by atoms with Gasteiger partial charge in [-0.15, -0.1) is 0 Å². The summed E-state index contributed by atoms with van der Waals surface area (Å²) in [7, 11) is 0. The van der Waals surface area contributed by atoms with Crippen LogP contribution in [0.25, 0.3) is 0 Å². The van der Waals surface area contributed by atoms with E-state index in [-0.39, 0.29) is 29.9 Å². The normalized spacial score (nSPS) is 25.2. The first kappa shape index (κ1) is 21.2. The molecule has 0 aliphatic heterocycles. The van der Waals surface area contributed by atoms with Gasteiger partial charge in [-0.25, -0.2) is 9.97 Å². The molecule has 0 amide bonds. The van der Waals surface area contributed by atoms with E-state index in [0.717, 1.165) is 17.1 Å². The zero-order valence-corrected chi connectivity index (χ0v) is 17.5. The number of nitrogens with zero attached hydrogens (tertiary/aromatic N) is 2. The minimum absolute atomic E-state index is 0.0294. The number of halogens is 1. The van der Waals surface area contributed by atoms with Crippen molar-refractivity contribution in [2.45, 2.75) is 57.7 Å². The fourth-order valence-corrected chi connectivity index (χ4v) is 4.20. The van der Waals surface area contributed by atoms with E-state index in [9.17, 15) is 10.2 Å². The summed E-state index contributed by atoms with van der Waals surface area (Å²) >= 11 is 6.08. The van der Waals surface area contributed by atoms with Crippen molar-refractivity contribution in [3.63, 3.8) is 0 Å². The molecule has 0 unspecified atom stereocenters. The molecule has 1 aromatic heterocycles. The maximum Gasteiger partial charge on any atom is 0.133 e. The molecule has 0 spiro atoms. The second-order valence-corrected chi connectivity index (χ2v) is 9.19. The number of hydrogen-bond acceptors (Lipinski definition) is 5. The molecule has 2 aromatic rings. The summed E-state index contributed by atoms with van der Waals surface area (Å²) < 4.78 is 0. The molecule has 4 atom stereocenters. The lowest BCUT2D eigenvalue weighted by atomic mass is 9.88. The first-order chi connectivity index (χ1) is 13.3. The second-order valence-electron chi connectivity index (χ2n) is 8.76. The molecular weight excluding hydrogens is 374 g/mol. The number of rotatable bonds is 6. The van der Waals surface area contributed by atoms with Crippen molar-refractivity contribution in [2.24, 2.45) is 11.8 Å². The topological polar surface area (TPSA) is 78.3 Å². The number of aliphatic hydroxyl groups excluding tert-OH is 2. The third-order valence-electron chi connectivity index (χ3n) is 5.55. The van der Waals surface area contributed by atoms with Crippen molar-refractivity contribution in [3.8, 4) is 0 Å². The summed E-state index contributed by atoms with van der Waals surface area (Å²) in [5.74, 6) is 0.749. The molecule has 0 saturated heterocycles. The van der Waals surface area contributed by atoms with Gasteiger partial charge in [-0.3, -0.25) is 0 Å². The first-order valence-electron chi connectivity index (χ1n) is 9.87. The van der Waals surface area contributed by atoms with E-state index in [1.165, 1.54) is 0 Å². The Morgan fingerprint density at radius 3 is 2.68 bits per heavy atom. The van der Waals surface area contributed by atoms with Crippen LogP contribution in [0.5, 0.6) is 0 Å². The lowest BCUT2D eigenvalue weighted by Gasteiger charge is -2.25. The Balaban J connectivity index is 1.75.